The van der Waals surface area contributed by atoms with Gasteiger partial charge in [-0.3, -0.25) is 0 Å². The van der Waals surface area contributed by atoms with Crippen molar-refractivity contribution in [3.05, 3.63) is 57.2 Å². The molecule has 12 heteroatoms. The molecule has 8 nitrogen and oxygen atoms in total. The monoisotopic (exact) mass is 573 g/mol. The molecule has 0 spiro atoms. The molecule has 1 aliphatic heterocycles. The molecule has 1 unspecified atom stereocenters. The maximum absolute atomic E-state index is 13.2. The molecule has 0 aromatic heterocycles. The van der Waals surface area contributed by atoms with E-state index in [1.807, 2.05) is 6.19 Å². The number of nitrogens with one attached hydrogen (secondary N) is 3. The molecule has 2 amide bonds. The SMILES string of the molecule is N#CN1C[C@H](NS(=O)(=O)c2cc(Br)ccc2Br)CC1CNC(=O)Nc1cccc(F)c1. The molecule has 3 rings (SSSR count). The second kappa shape index (κ2) is 9.95. The summed E-state index contributed by atoms with van der Waals surface area (Å²) in [5.41, 5.74) is 0.297. The number of likely N-dealkylation sites (tertiary alicyclic amines) is 1. The van der Waals surface area contributed by atoms with Gasteiger partial charge in [0.05, 0.1) is 10.9 Å². The molecule has 1 heterocycles. The fraction of sp³-hybridized carbons (Fsp3) is 0.263. The van der Waals surface area contributed by atoms with Gasteiger partial charge in [0.1, 0.15) is 5.82 Å². The van der Waals surface area contributed by atoms with Gasteiger partial charge in [-0.25, -0.2) is 22.3 Å². The number of carbonyl (C=O) groups is 1. The summed E-state index contributed by atoms with van der Waals surface area (Å²) < 4.78 is 42.5. The third-order valence-electron chi connectivity index (χ3n) is 4.63. The van der Waals surface area contributed by atoms with Crippen LogP contribution in [-0.2, 0) is 10.0 Å². The molecule has 0 saturated carbocycles. The third-order valence-corrected chi connectivity index (χ3v) is 7.64. The summed E-state index contributed by atoms with van der Waals surface area (Å²) in [5, 5.41) is 14.5. The minimum Gasteiger partial charge on any atom is -0.336 e. The Labute approximate surface area is 196 Å². The summed E-state index contributed by atoms with van der Waals surface area (Å²) in [6, 6.07) is 8.85. The summed E-state index contributed by atoms with van der Waals surface area (Å²) in [6.07, 6.45) is 2.36. The van der Waals surface area contributed by atoms with Gasteiger partial charge in [0.2, 0.25) is 10.0 Å². The van der Waals surface area contributed by atoms with Crippen LogP contribution in [0.2, 0.25) is 0 Å². The molecule has 1 aliphatic rings. The number of nitriles is 1. The molecule has 2 aromatic rings. The zero-order valence-corrected chi connectivity index (χ0v) is 20.0. The van der Waals surface area contributed by atoms with Crippen molar-refractivity contribution in [1.29, 1.82) is 5.26 Å². The molecule has 164 valence electrons. The number of hydrogen-bond donors (Lipinski definition) is 3. The van der Waals surface area contributed by atoms with Gasteiger partial charge in [-0.2, -0.15) is 5.26 Å². The quantitative estimate of drug-likeness (QED) is 0.458. The van der Waals surface area contributed by atoms with E-state index in [0.29, 0.717) is 21.1 Å². The molecule has 0 radical (unpaired) electrons. The molecule has 2 atom stereocenters. The Bertz CT molecular complexity index is 1130. The van der Waals surface area contributed by atoms with Crippen molar-refractivity contribution in [3.63, 3.8) is 0 Å². The summed E-state index contributed by atoms with van der Waals surface area (Å²) >= 11 is 6.51. The molecule has 2 aromatic carbocycles. The van der Waals surface area contributed by atoms with Crippen LogP contribution in [0.25, 0.3) is 0 Å². The number of amides is 2. The van der Waals surface area contributed by atoms with Crippen LogP contribution in [0.3, 0.4) is 0 Å². The highest BCUT2D eigenvalue weighted by Gasteiger charge is 2.35. The molecule has 0 bridgehead atoms. The van der Waals surface area contributed by atoms with Gasteiger partial charge in [-0.15, -0.1) is 0 Å². The average Bonchev–Trinajstić information content (AvgIpc) is 3.09. The first-order chi connectivity index (χ1) is 14.7. The normalized spacial score (nSPS) is 18.5. The number of carbonyl (C=O) groups excluding carboxylic acids is 1. The second-order valence-corrected chi connectivity index (χ2v) is 10.3. The first-order valence-corrected chi connectivity index (χ1v) is 12.2. The largest absolute Gasteiger partial charge is 0.336 e. The first kappa shape index (κ1) is 23.5. The highest BCUT2D eigenvalue weighted by Crippen LogP contribution is 2.27. The molecular formula is C19H18Br2FN5O3S. The van der Waals surface area contributed by atoms with E-state index in [0.717, 1.165) is 0 Å². The summed E-state index contributed by atoms with van der Waals surface area (Å²) in [4.78, 5) is 13.6. The number of anilines is 1. The van der Waals surface area contributed by atoms with E-state index in [2.05, 4.69) is 47.2 Å². The standard InChI is InChI=1S/C19H18Br2FN5O3S/c20-12-4-5-17(21)18(6-12)31(29,30)26-15-8-16(27(10-15)11-23)9-24-19(28)25-14-3-1-2-13(22)7-14/h1-7,15-16,26H,8-10H2,(H2,24,25,28)/t15-,16?/m1/s1. The lowest BCUT2D eigenvalue weighted by molar-refractivity contribution is 0.248. The minimum absolute atomic E-state index is 0.0847. The summed E-state index contributed by atoms with van der Waals surface area (Å²) in [5.74, 6) is -0.476. The van der Waals surface area contributed by atoms with Crippen molar-refractivity contribution < 1.29 is 17.6 Å². The van der Waals surface area contributed by atoms with Crippen molar-refractivity contribution in [3.8, 4) is 6.19 Å². The van der Waals surface area contributed by atoms with E-state index in [-0.39, 0.29) is 24.0 Å². The lowest BCUT2D eigenvalue weighted by atomic mass is 10.2. The Balaban J connectivity index is 1.59. The number of nitrogens with zero attached hydrogens (tertiary/aromatic N) is 2. The number of urea groups is 1. The van der Waals surface area contributed by atoms with E-state index >= 15 is 0 Å². The van der Waals surface area contributed by atoms with Gasteiger partial charge in [0.25, 0.3) is 0 Å². The molecule has 1 saturated heterocycles. The van der Waals surface area contributed by atoms with E-state index in [1.165, 1.54) is 29.2 Å². The number of sulfonamides is 1. The Kier molecular flexibility index (Phi) is 7.53. The highest BCUT2D eigenvalue weighted by molar-refractivity contribution is 9.11. The predicted molar refractivity (Wildman–Crippen MR) is 120 cm³/mol. The van der Waals surface area contributed by atoms with Crippen LogP contribution in [0.4, 0.5) is 14.9 Å². The highest BCUT2D eigenvalue weighted by atomic mass is 79.9. The average molecular weight is 575 g/mol. The van der Waals surface area contributed by atoms with Crippen LogP contribution < -0.4 is 15.4 Å². The van der Waals surface area contributed by atoms with Crippen LogP contribution in [0.15, 0.2) is 56.3 Å². The topological polar surface area (TPSA) is 114 Å². The second-order valence-electron chi connectivity index (χ2n) is 6.88. The van der Waals surface area contributed by atoms with E-state index in [9.17, 15) is 22.9 Å². The maximum Gasteiger partial charge on any atom is 0.319 e. The minimum atomic E-state index is -3.83. The Hall–Kier alpha value is -2.20. The van der Waals surface area contributed by atoms with Gasteiger partial charge in [-0.1, -0.05) is 22.0 Å². The number of benzene rings is 2. The maximum atomic E-state index is 13.2. The molecule has 0 aliphatic carbocycles. The van der Waals surface area contributed by atoms with E-state index < -0.39 is 27.9 Å². The summed E-state index contributed by atoms with van der Waals surface area (Å²) in [6.45, 7) is 0.298. The Morgan fingerprint density at radius 3 is 2.74 bits per heavy atom. The van der Waals surface area contributed by atoms with Crippen LogP contribution in [0, 0.1) is 17.3 Å². The van der Waals surface area contributed by atoms with Crippen molar-refractivity contribution in [2.45, 2.75) is 23.4 Å². The van der Waals surface area contributed by atoms with E-state index in [4.69, 9.17) is 0 Å². The molecule has 3 N–H and O–H groups in total. The van der Waals surface area contributed by atoms with Crippen molar-refractivity contribution in [2.24, 2.45) is 0 Å². The number of hydrogen-bond acceptors (Lipinski definition) is 5. The van der Waals surface area contributed by atoms with Gasteiger partial charge in [0.15, 0.2) is 6.19 Å². The molecule has 31 heavy (non-hydrogen) atoms. The lowest BCUT2D eigenvalue weighted by Gasteiger charge is -2.18. The van der Waals surface area contributed by atoms with E-state index in [1.54, 1.807) is 18.2 Å². The first-order valence-electron chi connectivity index (χ1n) is 9.12. The lowest BCUT2D eigenvalue weighted by Crippen LogP contribution is -2.39. The fourth-order valence-electron chi connectivity index (χ4n) is 3.24. The van der Waals surface area contributed by atoms with Gasteiger partial charge in [0, 0.05) is 33.8 Å². The van der Waals surface area contributed by atoms with Crippen molar-refractivity contribution in [2.75, 3.05) is 18.4 Å². The van der Waals surface area contributed by atoms with Crippen molar-refractivity contribution in [1.82, 2.24) is 14.9 Å². The summed E-state index contributed by atoms with van der Waals surface area (Å²) in [7, 11) is -3.83. The third kappa shape index (κ3) is 6.16. The smallest absolute Gasteiger partial charge is 0.319 e. The van der Waals surface area contributed by atoms with Crippen LogP contribution in [0.1, 0.15) is 6.42 Å². The van der Waals surface area contributed by atoms with Crippen LogP contribution in [-0.4, -0.2) is 44.5 Å². The Morgan fingerprint density at radius 1 is 1.26 bits per heavy atom. The zero-order valence-electron chi connectivity index (χ0n) is 16.0. The van der Waals surface area contributed by atoms with Crippen LogP contribution in [0.5, 0.6) is 0 Å². The molecular weight excluding hydrogens is 557 g/mol. The van der Waals surface area contributed by atoms with Gasteiger partial charge in [-0.05, 0) is 58.7 Å². The number of rotatable bonds is 6. The number of halogens is 3. The van der Waals surface area contributed by atoms with Gasteiger partial charge < -0.3 is 15.5 Å². The van der Waals surface area contributed by atoms with Gasteiger partial charge >= 0.3 is 6.03 Å². The fourth-order valence-corrected chi connectivity index (χ4v) is 5.98. The van der Waals surface area contributed by atoms with Crippen molar-refractivity contribution >= 4 is 53.6 Å². The zero-order chi connectivity index (χ0) is 22.6. The predicted octanol–water partition coefficient (Wildman–Crippen LogP) is 3.37. The van der Waals surface area contributed by atoms with Crippen LogP contribution >= 0.6 is 31.9 Å². The Morgan fingerprint density at radius 2 is 2.03 bits per heavy atom. The molecule has 1 fully saturated rings.